The monoisotopic (exact) mass is 326 g/mol. The molecule has 5 heteroatoms. The maximum Gasteiger partial charge on any atom is 0.151 e. The van der Waals surface area contributed by atoms with Crippen LogP contribution < -0.4 is 0 Å². The zero-order chi connectivity index (χ0) is 17.4. The standard InChI is InChI=1S/C19H19FN2O2/c1-10-11(2)19(24)13(12(3)18(10)23)6-4-9-16-21-15-8-5-7-14(20)17(15)22-16/h4-8,23-24H,9H2,1-3H3,(H,21,22)/b6-4+. The molecule has 1 aromatic heterocycles. The summed E-state index contributed by atoms with van der Waals surface area (Å²) in [6.45, 7) is 5.30. The fourth-order valence-electron chi connectivity index (χ4n) is 2.78. The maximum absolute atomic E-state index is 13.7. The minimum Gasteiger partial charge on any atom is -0.507 e. The number of fused-ring (bicyclic) bond motifs is 1. The first kappa shape index (κ1) is 16.1. The first-order valence-electron chi connectivity index (χ1n) is 7.71. The minimum atomic E-state index is -0.355. The third-order valence-corrected chi connectivity index (χ3v) is 4.40. The van der Waals surface area contributed by atoms with Crippen LogP contribution in [0.3, 0.4) is 0 Å². The highest BCUT2D eigenvalue weighted by Crippen LogP contribution is 2.36. The minimum absolute atomic E-state index is 0.162. The van der Waals surface area contributed by atoms with Gasteiger partial charge in [-0.05, 0) is 44.0 Å². The largest absolute Gasteiger partial charge is 0.507 e. The molecule has 3 aromatic rings. The zero-order valence-corrected chi connectivity index (χ0v) is 13.8. The number of hydrogen-bond acceptors (Lipinski definition) is 3. The van der Waals surface area contributed by atoms with E-state index in [0.717, 1.165) is 0 Å². The topological polar surface area (TPSA) is 69.1 Å². The Labute approximate surface area is 139 Å². The van der Waals surface area contributed by atoms with Crippen LogP contribution in [0, 0.1) is 26.6 Å². The number of nitrogens with one attached hydrogen (secondary N) is 1. The van der Waals surface area contributed by atoms with Gasteiger partial charge in [-0.2, -0.15) is 0 Å². The first-order chi connectivity index (χ1) is 11.4. The summed E-state index contributed by atoms with van der Waals surface area (Å²) in [6, 6.07) is 4.78. The molecule has 0 atom stereocenters. The lowest BCUT2D eigenvalue weighted by molar-refractivity contribution is 0.448. The molecule has 124 valence electrons. The molecule has 2 aromatic carbocycles. The molecule has 0 saturated heterocycles. The van der Waals surface area contributed by atoms with Gasteiger partial charge in [-0.25, -0.2) is 9.37 Å². The van der Waals surface area contributed by atoms with Crippen molar-refractivity contribution >= 4 is 17.1 Å². The molecule has 0 saturated carbocycles. The molecule has 0 unspecified atom stereocenters. The predicted octanol–water partition coefficient (Wildman–Crippen LogP) is 4.29. The van der Waals surface area contributed by atoms with Crippen molar-refractivity contribution in [1.29, 1.82) is 0 Å². The summed E-state index contributed by atoms with van der Waals surface area (Å²) in [5.41, 5.74) is 3.52. The fourth-order valence-corrected chi connectivity index (χ4v) is 2.78. The van der Waals surface area contributed by atoms with E-state index in [2.05, 4.69) is 9.97 Å². The van der Waals surface area contributed by atoms with Gasteiger partial charge in [-0.3, -0.25) is 0 Å². The molecule has 0 aliphatic carbocycles. The van der Waals surface area contributed by atoms with Crippen molar-refractivity contribution in [3.8, 4) is 11.5 Å². The van der Waals surface area contributed by atoms with Crippen molar-refractivity contribution in [3.63, 3.8) is 0 Å². The molecular weight excluding hydrogens is 307 g/mol. The Morgan fingerprint density at radius 1 is 1.08 bits per heavy atom. The number of hydrogen-bond donors (Lipinski definition) is 3. The number of imidazole rings is 1. The molecule has 24 heavy (non-hydrogen) atoms. The maximum atomic E-state index is 13.7. The number of aromatic amines is 1. The van der Waals surface area contributed by atoms with E-state index >= 15 is 0 Å². The zero-order valence-electron chi connectivity index (χ0n) is 13.8. The van der Waals surface area contributed by atoms with Gasteiger partial charge in [0, 0.05) is 17.5 Å². The number of aromatic hydroxyl groups is 2. The van der Waals surface area contributed by atoms with Gasteiger partial charge in [0.15, 0.2) is 5.82 Å². The molecule has 3 N–H and O–H groups in total. The number of rotatable bonds is 3. The van der Waals surface area contributed by atoms with Gasteiger partial charge in [0.1, 0.15) is 22.8 Å². The smallest absolute Gasteiger partial charge is 0.151 e. The Hall–Kier alpha value is -2.82. The summed E-state index contributed by atoms with van der Waals surface area (Å²) in [4.78, 5) is 7.31. The summed E-state index contributed by atoms with van der Waals surface area (Å²) < 4.78 is 13.7. The number of H-pyrrole nitrogens is 1. The van der Waals surface area contributed by atoms with Crippen molar-refractivity contribution in [2.75, 3.05) is 0 Å². The summed E-state index contributed by atoms with van der Waals surface area (Å²) in [5.74, 6) is 0.633. The quantitative estimate of drug-likeness (QED) is 0.629. The summed E-state index contributed by atoms with van der Waals surface area (Å²) in [5, 5.41) is 20.4. The van der Waals surface area contributed by atoms with Crippen molar-refractivity contribution in [1.82, 2.24) is 9.97 Å². The number of para-hydroxylation sites is 1. The average Bonchev–Trinajstić information content (AvgIpc) is 2.99. The lowest BCUT2D eigenvalue weighted by atomic mass is 9.97. The average molecular weight is 326 g/mol. The van der Waals surface area contributed by atoms with Gasteiger partial charge < -0.3 is 15.2 Å². The van der Waals surface area contributed by atoms with Crippen LogP contribution in [0.15, 0.2) is 24.3 Å². The highest BCUT2D eigenvalue weighted by atomic mass is 19.1. The second-order valence-corrected chi connectivity index (χ2v) is 5.91. The number of allylic oxidation sites excluding steroid dienone is 1. The first-order valence-corrected chi connectivity index (χ1v) is 7.71. The number of halogens is 1. The van der Waals surface area contributed by atoms with Crippen molar-refractivity contribution in [2.24, 2.45) is 0 Å². The summed E-state index contributed by atoms with van der Waals surface area (Å²) in [7, 11) is 0. The van der Waals surface area contributed by atoms with E-state index in [0.29, 0.717) is 45.5 Å². The lowest BCUT2D eigenvalue weighted by Crippen LogP contribution is -1.92. The van der Waals surface area contributed by atoms with Gasteiger partial charge in [0.25, 0.3) is 0 Å². The van der Waals surface area contributed by atoms with Gasteiger partial charge in [0.05, 0.1) is 5.52 Å². The van der Waals surface area contributed by atoms with Crippen molar-refractivity contribution in [3.05, 3.63) is 58.2 Å². The van der Waals surface area contributed by atoms with Crippen LogP contribution in [-0.2, 0) is 6.42 Å². The molecule has 0 aliphatic heterocycles. The van der Waals surface area contributed by atoms with Gasteiger partial charge in [-0.15, -0.1) is 0 Å². The highest BCUT2D eigenvalue weighted by molar-refractivity contribution is 5.75. The molecule has 4 nitrogen and oxygen atoms in total. The third kappa shape index (κ3) is 2.62. The van der Waals surface area contributed by atoms with Crippen LogP contribution in [0.2, 0.25) is 0 Å². The normalized spacial score (nSPS) is 11.7. The molecular formula is C19H19FN2O2. The number of benzene rings is 2. The fraction of sp³-hybridized carbons (Fsp3) is 0.211. The van der Waals surface area contributed by atoms with E-state index in [1.165, 1.54) is 6.07 Å². The van der Waals surface area contributed by atoms with Gasteiger partial charge in [-0.1, -0.05) is 18.2 Å². The Morgan fingerprint density at radius 3 is 2.50 bits per heavy atom. The summed E-state index contributed by atoms with van der Waals surface area (Å²) >= 11 is 0. The molecule has 0 radical (unpaired) electrons. The van der Waals surface area contributed by atoms with E-state index in [4.69, 9.17) is 0 Å². The van der Waals surface area contributed by atoms with E-state index in [9.17, 15) is 14.6 Å². The van der Waals surface area contributed by atoms with Crippen LogP contribution in [0.1, 0.15) is 28.1 Å². The second-order valence-electron chi connectivity index (χ2n) is 5.91. The molecule has 0 amide bonds. The van der Waals surface area contributed by atoms with Crippen molar-refractivity contribution < 1.29 is 14.6 Å². The molecule has 3 rings (SSSR count). The molecule has 0 fully saturated rings. The lowest BCUT2D eigenvalue weighted by Gasteiger charge is -2.13. The molecule has 0 aliphatic rings. The van der Waals surface area contributed by atoms with Crippen LogP contribution in [0.4, 0.5) is 4.39 Å². The van der Waals surface area contributed by atoms with Crippen LogP contribution in [-0.4, -0.2) is 20.2 Å². The number of nitrogens with zero attached hydrogens (tertiary/aromatic N) is 1. The van der Waals surface area contributed by atoms with Gasteiger partial charge >= 0.3 is 0 Å². The summed E-state index contributed by atoms with van der Waals surface area (Å²) in [6.07, 6.45) is 4.03. The Bertz CT molecular complexity index is 929. The van der Waals surface area contributed by atoms with Gasteiger partial charge in [0.2, 0.25) is 0 Å². The Kier molecular flexibility index (Phi) is 4.01. The van der Waals surface area contributed by atoms with Crippen LogP contribution in [0.5, 0.6) is 11.5 Å². The Balaban J connectivity index is 1.90. The highest BCUT2D eigenvalue weighted by Gasteiger charge is 2.14. The number of phenols is 2. The van der Waals surface area contributed by atoms with E-state index < -0.39 is 0 Å². The molecule has 1 heterocycles. The van der Waals surface area contributed by atoms with Crippen molar-refractivity contribution in [2.45, 2.75) is 27.2 Å². The van der Waals surface area contributed by atoms with E-state index in [1.54, 1.807) is 39.0 Å². The molecule has 0 bridgehead atoms. The van der Waals surface area contributed by atoms with Crippen LogP contribution in [0.25, 0.3) is 17.1 Å². The number of aromatic nitrogens is 2. The van der Waals surface area contributed by atoms with Crippen LogP contribution >= 0.6 is 0 Å². The number of phenolic OH excluding ortho intramolecular Hbond substituents is 2. The third-order valence-electron chi connectivity index (χ3n) is 4.40. The Morgan fingerprint density at radius 2 is 1.79 bits per heavy atom. The molecule has 0 spiro atoms. The van der Waals surface area contributed by atoms with E-state index in [1.807, 2.05) is 6.08 Å². The predicted molar refractivity (Wildman–Crippen MR) is 92.8 cm³/mol. The second kappa shape index (κ2) is 6.00. The SMILES string of the molecule is Cc1c(C)c(O)c(/C=C/Cc2nc3c(F)cccc3[nH]2)c(C)c1O. The van der Waals surface area contributed by atoms with E-state index in [-0.39, 0.29) is 17.3 Å².